The Bertz CT molecular complexity index is 831. The molecule has 0 N–H and O–H groups in total. The quantitative estimate of drug-likeness (QED) is 0.699. The largest absolute Gasteiger partial charge is 0.468 e. The Morgan fingerprint density at radius 3 is 2.83 bits per heavy atom. The zero-order chi connectivity index (χ0) is 20.2. The van der Waals surface area contributed by atoms with E-state index in [9.17, 15) is 4.79 Å². The van der Waals surface area contributed by atoms with Gasteiger partial charge in [-0.3, -0.25) is 14.4 Å². The van der Waals surface area contributed by atoms with Crippen molar-refractivity contribution < 1.29 is 9.21 Å². The number of carbonyl (C=O) groups excluding carboxylic acids is 1. The molecule has 0 radical (unpaired) electrons. The molecule has 4 rings (SSSR count). The average Bonchev–Trinajstić information content (AvgIpc) is 3.27. The van der Waals surface area contributed by atoms with E-state index in [1.807, 2.05) is 27.8 Å². The summed E-state index contributed by atoms with van der Waals surface area (Å²) in [6, 6.07) is 4.32. The van der Waals surface area contributed by atoms with Crippen LogP contribution in [0.25, 0.3) is 0 Å². The van der Waals surface area contributed by atoms with E-state index in [2.05, 4.69) is 18.5 Å². The Hall–Kier alpha value is -2.34. The second kappa shape index (κ2) is 8.99. The second-order valence-corrected chi connectivity index (χ2v) is 8.34. The van der Waals surface area contributed by atoms with E-state index in [4.69, 9.17) is 9.52 Å². The van der Waals surface area contributed by atoms with Gasteiger partial charge in [-0.05, 0) is 51.3 Å². The molecular weight excluding hydrogens is 364 g/mol. The first-order valence-corrected chi connectivity index (χ1v) is 10.9. The molecule has 0 saturated carbocycles. The molecule has 156 valence electrons. The van der Waals surface area contributed by atoms with Crippen molar-refractivity contribution in [1.29, 1.82) is 0 Å². The third-order valence-electron chi connectivity index (χ3n) is 6.33. The van der Waals surface area contributed by atoms with Gasteiger partial charge in [0.15, 0.2) is 5.69 Å². The molecule has 1 aliphatic heterocycles. The molecule has 1 aliphatic carbocycles. The third-order valence-corrected chi connectivity index (χ3v) is 6.33. The predicted molar refractivity (Wildman–Crippen MR) is 113 cm³/mol. The fraction of sp³-hybridized carbons (Fsp3) is 0.565. The molecule has 1 saturated heterocycles. The number of nitrogens with zero attached hydrogens (tertiary/aromatic N) is 4. The monoisotopic (exact) mass is 396 g/mol. The molecule has 1 fully saturated rings. The van der Waals surface area contributed by atoms with Gasteiger partial charge in [0.2, 0.25) is 0 Å². The maximum Gasteiger partial charge on any atom is 0.274 e. The van der Waals surface area contributed by atoms with Crippen LogP contribution in [-0.4, -0.2) is 51.7 Å². The lowest BCUT2D eigenvalue weighted by atomic mass is 9.90. The number of rotatable bonds is 6. The van der Waals surface area contributed by atoms with E-state index in [1.165, 1.54) is 18.5 Å². The number of hydrogen-bond acceptors (Lipinski definition) is 4. The minimum absolute atomic E-state index is 0.111. The zero-order valence-electron chi connectivity index (χ0n) is 17.5. The Morgan fingerprint density at radius 2 is 2.14 bits per heavy atom. The van der Waals surface area contributed by atoms with Crippen LogP contribution in [0.2, 0.25) is 0 Å². The summed E-state index contributed by atoms with van der Waals surface area (Å²) in [5.74, 6) is 1.09. The van der Waals surface area contributed by atoms with Crippen LogP contribution in [0.5, 0.6) is 0 Å². The van der Waals surface area contributed by atoms with Gasteiger partial charge in [-0.2, -0.15) is 5.10 Å². The van der Waals surface area contributed by atoms with Crippen molar-refractivity contribution in [1.82, 2.24) is 19.6 Å². The van der Waals surface area contributed by atoms with Crippen molar-refractivity contribution >= 4 is 5.91 Å². The Morgan fingerprint density at radius 1 is 1.34 bits per heavy atom. The van der Waals surface area contributed by atoms with Gasteiger partial charge in [0.05, 0.1) is 19.4 Å². The smallest absolute Gasteiger partial charge is 0.274 e. The number of hydrogen-bond donors (Lipinski definition) is 0. The van der Waals surface area contributed by atoms with Crippen LogP contribution in [0.4, 0.5) is 0 Å². The number of fused-ring (bicyclic) bond motifs is 1. The van der Waals surface area contributed by atoms with Crippen molar-refractivity contribution in [2.45, 2.75) is 64.1 Å². The van der Waals surface area contributed by atoms with Crippen LogP contribution in [0.15, 0.2) is 35.5 Å². The van der Waals surface area contributed by atoms with Crippen LogP contribution in [-0.2, 0) is 25.9 Å². The molecule has 29 heavy (non-hydrogen) atoms. The molecular formula is C23H32N4O2. The SMILES string of the molecule is C=CCn1nc(C(=O)N2CCCCCC2)c2c1CC[C@H](N(C)Cc1ccco1)C2. The lowest BCUT2D eigenvalue weighted by Gasteiger charge is -2.31. The van der Waals surface area contributed by atoms with E-state index in [-0.39, 0.29) is 5.91 Å². The average molecular weight is 397 g/mol. The number of amides is 1. The molecule has 2 aromatic rings. The minimum atomic E-state index is 0.111. The van der Waals surface area contributed by atoms with Gasteiger partial charge in [0, 0.05) is 30.4 Å². The van der Waals surface area contributed by atoms with Gasteiger partial charge in [-0.1, -0.05) is 18.9 Å². The molecule has 3 heterocycles. The van der Waals surface area contributed by atoms with E-state index in [0.29, 0.717) is 18.3 Å². The summed E-state index contributed by atoms with van der Waals surface area (Å²) < 4.78 is 7.52. The third kappa shape index (κ3) is 4.32. The predicted octanol–water partition coefficient (Wildman–Crippen LogP) is 3.67. The topological polar surface area (TPSA) is 54.5 Å². The van der Waals surface area contributed by atoms with Crippen LogP contribution >= 0.6 is 0 Å². The molecule has 0 unspecified atom stereocenters. The summed E-state index contributed by atoms with van der Waals surface area (Å²) in [5.41, 5.74) is 3.02. The summed E-state index contributed by atoms with van der Waals surface area (Å²) in [5, 5.41) is 4.77. The fourth-order valence-corrected chi connectivity index (χ4v) is 4.69. The maximum atomic E-state index is 13.4. The van der Waals surface area contributed by atoms with Crippen molar-refractivity contribution in [3.63, 3.8) is 0 Å². The van der Waals surface area contributed by atoms with Crippen molar-refractivity contribution in [2.24, 2.45) is 0 Å². The molecule has 1 amide bonds. The summed E-state index contributed by atoms with van der Waals surface area (Å²) in [4.78, 5) is 17.7. The second-order valence-electron chi connectivity index (χ2n) is 8.34. The van der Waals surface area contributed by atoms with Crippen LogP contribution < -0.4 is 0 Å². The Balaban J connectivity index is 1.57. The van der Waals surface area contributed by atoms with Crippen LogP contribution in [0.1, 0.15) is 59.6 Å². The first kappa shape index (κ1) is 20.0. The Kier molecular flexibility index (Phi) is 6.19. The normalized spacial score (nSPS) is 19.8. The van der Waals surface area contributed by atoms with Gasteiger partial charge in [-0.25, -0.2) is 0 Å². The minimum Gasteiger partial charge on any atom is -0.468 e. The number of likely N-dealkylation sites (N-methyl/N-ethyl adjacent to an activating group) is 1. The highest BCUT2D eigenvalue weighted by Gasteiger charge is 2.32. The van der Waals surface area contributed by atoms with Crippen molar-refractivity contribution in [3.8, 4) is 0 Å². The summed E-state index contributed by atoms with van der Waals surface area (Å²) >= 11 is 0. The lowest BCUT2D eigenvalue weighted by Crippen LogP contribution is -2.37. The number of carbonyl (C=O) groups is 1. The standard InChI is InChI=1S/C23H32N4O2/c1-3-12-27-21-11-10-18(25(2)17-19-9-8-15-29-19)16-20(21)22(24-27)23(28)26-13-6-4-5-7-14-26/h3,8-9,15,18H,1,4-7,10-14,16-17H2,2H3/t18-/m0/s1. The van der Waals surface area contributed by atoms with Gasteiger partial charge in [0.1, 0.15) is 5.76 Å². The van der Waals surface area contributed by atoms with E-state index >= 15 is 0 Å². The van der Waals surface area contributed by atoms with Crippen molar-refractivity contribution in [3.05, 3.63) is 53.8 Å². The number of furan rings is 1. The number of allylic oxidation sites excluding steroid dienone is 1. The molecule has 0 bridgehead atoms. The lowest BCUT2D eigenvalue weighted by molar-refractivity contribution is 0.0753. The summed E-state index contributed by atoms with van der Waals surface area (Å²) in [7, 11) is 2.14. The van der Waals surface area contributed by atoms with Crippen LogP contribution in [0.3, 0.4) is 0 Å². The zero-order valence-corrected chi connectivity index (χ0v) is 17.5. The van der Waals surface area contributed by atoms with Crippen molar-refractivity contribution in [2.75, 3.05) is 20.1 Å². The maximum absolute atomic E-state index is 13.4. The summed E-state index contributed by atoms with van der Waals surface area (Å²) in [6.45, 7) is 7.01. The molecule has 0 spiro atoms. The molecule has 2 aliphatic rings. The Labute approximate surface area is 173 Å². The van der Waals surface area contributed by atoms with E-state index in [1.54, 1.807) is 6.26 Å². The highest BCUT2D eigenvalue weighted by molar-refractivity contribution is 5.94. The first-order chi connectivity index (χ1) is 14.2. The number of likely N-dealkylation sites (tertiary alicyclic amines) is 1. The summed E-state index contributed by atoms with van der Waals surface area (Å²) in [6.07, 6.45) is 11.1. The highest BCUT2D eigenvalue weighted by Crippen LogP contribution is 2.29. The molecule has 2 aromatic heterocycles. The van der Waals surface area contributed by atoms with Gasteiger partial charge < -0.3 is 9.32 Å². The van der Waals surface area contributed by atoms with Gasteiger partial charge >= 0.3 is 0 Å². The molecule has 1 atom stereocenters. The molecule has 0 aromatic carbocycles. The van der Waals surface area contributed by atoms with Gasteiger partial charge in [-0.15, -0.1) is 6.58 Å². The number of aromatic nitrogens is 2. The van der Waals surface area contributed by atoms with Gasteiger partial charge in [0.25, 0.3) is 5.91 Å². The van der Waals surface area contributed by atoms with E-state index < -0.39 is 0 Å². The first-order valence-electron chi connectivity index (χ1n) is 10.9. The molecule has 6 heteroatoms. The molecule has 6 nitrogen and oxygen atoms in total. The van der Waals surface area contributed by atoms with E-state index in [0.717, 1.165) is 63.1 Å². The highest BCUT2D eigenvalue weighted by atomic mass is 16.3. The van der Waals surface area contributed by atoms with Crippen LogP contribution in [0, 0.1) is 0 Å². The fourth-order valence-electron chi connectivity index (χ4n) is 4.69.